The highest BCUT2D eigenvalue weighted by Gasteiger charge is 2.32. The molecule has 17 heteroatoms. The second-order valence-electron chi connectivity index (χ2n) is 13.8. The lowest BCUT2D eigenvalue weighted by molar-refractivity contribution is -0.142. The largest absolute Gasteiger partial charge is 0.508 e. The van der Waals surface area contributed by atoms with E-state index in [1.54, 1.807) is 12.1 Å². The van der Waals surface area contributed by atoms with Crippen LogP contribution in [0.25, 0.3) is 0 Å². The van der Waals surface area contributed by atoms with Crippen LogP contribution < -0.4 is 32.3 Å². The maximum Gasteiger partial charge on any atom is 0.325 e. The standard InChI is InChI=1S/C38H62N6O11/c1-3-4-5-6-7-8-9-10-11-12-13-14-15-16-33(49)41-28(21-26-17-19-27(47)20-18-26)35(51)43-31(24-46)37(53)44-30(23-45)36(52)42-29(22-32(39)48)34(50)40-25(2)38(54)55/h17-20,25,28-31,45-47H,3-16,21-24H2,1-2H3,(H2,39,48)(H,40,50)(H,41,49)(H,42,52)(H,43,51)(H,44,53)(H,54,55). The van der Waals surface area contributed by atoms with Gasteiger partial charge in [-0.05, 0) is 31.0 Å². The summed E-state index contributed by atoms with van der Waals surface area (Å²) in [5, 5.41) is 49.9. The van der Waals surface area contributed by atoms with Gasteiger partial charge in [0.2, 0.25) is 35.4 Å². The molecular weight excluding hydrogens is 716 g/mol. The van der Waals surface area contributed by atoms with Gasteiger partial charge in [0, 0.05) is 12.8 Å². The Morgan fingerprint density at radius 2 is 1.02 bits per heavy atom. The van der Waals surface area contributed by atoms with Gasteiger partial charge in [-0.25, -0.2) is 0 Å². The topological polar surface area (TPSA) is 287 Å². The summed E-state index contributed by atoms with van der Waals surface area (Å²) >= 11 is 0. The summed E-state index contributed by atoms with van der Waals surface area (Å²) in [7, 11) is 0. The fourth-order valence-corrected chi connectivity index (χ4v) is 5.64. The molecule has 0 saturated carbocycles. The number of unbranched alkanes of at least 4 members (excludes halogenated alkanes) is 12. The SMILES string of the molecule is CCCCCCCCCCCCCCCC(=O)NC(Cc1ccc(O)cc1)C(=O)NC(CO)C(=O)NC(CO)C(=O)NC(CC(N)=O)C(=O)NC(C)C(=O)O. The first-order chi connectivity index (χ1) is 26.2. The second-order valence-corrected chi connectivity index (χ2v) is 13.8. The molecule has 1 aromatic carbocycles. The van der Waals surface area contributed by atoms with Crippen LogP contribution in [0.15, 0.2) is 24.3 Å². The molecule has 0 aliphatic carbocycles. The smallest absolute Gasteiger partial charge is 0.325 e. The molecule has 5 atom stereocenters. The van der Waals surface area contributed by atoms with Crippen molar-refractivity contribution >= 4 is 41.4 Å². The monoisotopic (exact) mass is 778 g/mol. The van der Waals surface area contributed by atoms with Crippen molar-refractivity contribution in [3.05, 3.63) is 29.8 Å². The zero-order chi connectivity index (χ0) is 41.2. The van der Waals surface area contributed by atoms with Crippen molar-refractivity contribution in [2.75, 3.05) is 13.2 Å². The molecule has 0 radical (unpaired) electrons. The van der Waals surface area contributed by atoms with E-state index in [9.17, 15) is 48.9 Å². The number of phenols is 1. The molecule has 0 saturated heterocycles. The molecule has 0 spiro atoms. The first-order valence-corrected chi connectivity index (χ1v) is 19.2. The third kappa shape index (κ3) is 21.0. The number of aliphatic hydroxyl groups is 2. The quantitative estimate of drug-likeness (QED) is 0.0488. The number of aromatic hydroxyl groups is 1. The molecule has 0 aromatic heterocycles. The van der Waals surface area contributed by atoms with Gasteiger partial charge in [0.05, 0.1) is 19.6 Å². The van der Waals surface area contributed by atoms with E-state index < -0.39 is 91.3 Å². The second kappa shape index (κ2) is 27.8. The summed E-state index contributed by atoms with van der Waals surface area (Å²) in [5.74, 6) is -6.98. The maximum atomic E-state index is 13.4. The highest BCUT2D eigenvalue weighted by Crippen LogP contribution is 2.14. The minimum atomic E-state index is -1.74. The summed E-state index contributed by atoms with van der Waals surface area (Å²) in [6.45, 7) is 1.39. The molecule has 0 fully saturated rings. The number of aliphatic carboxylic acids is 1. The molecule has 55 heavy (non-hydrogen) atoms. The summed E-state index contributed by atoms with van der Waals surface area (Å²) < 4.78 is 0. The van der Waals surface area contributed by atoms with Crippen LogP contribution in [0.4, 0.5) is 0 Å². The van der Waals surface area contributed by atoms with Gasteiger partial charge in [-0.15, -0.1) is 0 Å². The van der Waals surface area contributed by atoms with E-state index in [1.807, 2.05) is 0 Å². The van der Waals surface area contributed by atoms with Gasteiger partial charge in [-0.1, -0.05) is 96.1 Å². The molecule has 6 amide bonds. The van der Waals surface area contributed by atoms with E-state index in [1.165, 1.54) is 63.5 Å². The third-order valence-corrected chi connectivity index (χ3v) is 8.93. The van der Waals surface area contributed by atoms with Crippen LogP contribution in [0.3, 0.4) is 0 Å². The lowest BCUT2D eigenvalue weighted by Gasteiger charge is -2.25. The van der Waals surface area contributed by atoms with Crippen LogP contribution in [-0.2, 0) is 40.0 Å². The Morgan fingerprint density at radius 3 is 1.45 bits per heavy atom. The predicted octanol–water partition coefficient (Wildman–Crippen LogP) is 0.805. The molecule has 0 bridgehead atoms. The van der Waals surface area contributed by atoms with Crippen molar-refractivity contribution in [1.29, 1.82) is 0 Å². The number of primary amides is 1. The molecule has 1 aromatic rings. The first-order valence-electron chi connectivity index (χ1n) is 19.2. The Morgan fingerprint density at radius 1 is 0.600 bits per heavy atom. The Kier molecular flexibility index (Phi) is 24.4. The van der Waals surface area contributed by atoms with Crippen molar-refractivity contribution in [3.8, 4) is 5.75 Å². The molecule has 0 heterocycles. The number of aliphatic hydroxyl groups excluding tert-OH is 2. The highest BCUT2D eigenvalue weighted by atomic mass is 16.4. The number of rotatable bonds is 30. The normalized spacial score (nSPS) is 13.7. The van der Waals surface area contributed by atoms with E-state index >= 15 is 0 Å². The minimum absolute atomic E-state index is 0.00733. The zero-order valence-corrected chi connectivity index (χ0v) is 32.1. The van der Waals surface area contributed by atoms with Crippen molar-refractivity contribution in [2.45, 2.75) is 147 Å². The predicted molar refractivity (Wildman–Crippen MR) is 203 cm³/mol. The Balaban J connectivity index is 2.80. The van der Waals surface area contributed by atoms with Gasteiger partial charge in [0.25, 0.3) is 0 Å². The maximum absolute atomic E-state index is 13.4. The van der Waals surface area contributed by atoms with Crippen molar-refractivity contribution in [1.82, 2.24) is 26.6 Å². The number of carboxylic acids is 1. The fraction of sp³-hybridized carbons (Fsp3) is 0.658. The van der Waals surface area contributed by atoms with Gasteiger partial charge in [0.15, 0.2) is 0 Å². The van der Waals surface area contributed by atoms with Gasteiger partial charge in [0.1, 0.15) is 36.0 Å². The van der Waals surface area contributed by atoms with E-state index in [0.717, 1.165) is 32.6 Å². The van der Waals surface area contributed by atoms with E-state index in [2.05, 4.69) is 33.5 Å². The number of carbonyl (C=O) groups is 7. The van der Waals surface area contributed by atoms with Gasteiger partial charge < -0.3 is 52.7 Å². The van der Waals surface area contributed by atoms with Crippen molar-refractivity contribution in [2.24, 2.45) is 5.73 Å². The summed E-state index contributed by atoms with van der Waals surface area (Å²) in [4.78, 5) is 87.5. The number of carboxylic acid groups (broad SMARTS) is 1. The van der Waals surface area contributed by atoms with Gasteiger partial charge >= 0.3 is 5.97 Å². The van der Waals surface area contributed by atoms with Crippen LogP contribution in [0.1, 0.15) is 116 Å². The first kappa shape index (κ1) is 48.2. The molecule has 1 rings (SSSR count). The highest BCUT2D eigenvalue weighted by molar-refractivity contribution is 5.97. The number of nitrogens with one attached hydrogen (secondary N) is 5. The molecule has 11 N–H and O–H groups in total. The van der Waals surface area contributed by atoms with Crippen LogP contribution in [0, 0.1) is 0 Å². The molecule has 17 nitrogen and oxygen atoms in total. The Bertz CT molecular complexity index is 1360. The molecular formula is C38H62N6O11. The zero-order valence-electron chi connectivity index (χ0n) is 32.1. The number of benzene rings is 1. The Labute approximate surface area is 323 Å². The number of phenolic OH excluding ortho intramolecular Hbond substituents is 1. The lowest BCUT2D eigenvalue weighted by Crippen LogP contribution is -2.60. The number of amides is 6. The average molecular weight is 779 g/mol. The summed E-state index contributed by atoms with van der Waals surface area (Å²) in [6.07, 6.45) is 14.3. The third-order valence-electron chi connectivity index (χ3n) is 8.93. The number of hydrogen-bond donors (Lipinski definition) is 10. The molecule has 0 aliphatic rings. The van der Waals surface area contributed by atoms with E-state index in [4.69, 9.17) is 10.8 Å². The van der Waals surface area contributed by atoms with Crippen LogP contribution in [0.5, 0.6) is 5.75 Å². The van der Waals surface area contributed by atoms with Crippen LogP contribution >= 0.6 is 0 Å². The number of nitrogens with two attached hydrogens (primary N) is 1. The van der Waals surface area contributed by atoms with E-state index in [0.29, 0.717) is 12.0 Å². The molecule has 310 valence electrons. The summed E-state index contributed by atoms with van der Waals surface area (Å²) in [6, 6.07) is -1.70. The Hall–Kier alpha value is -4.77. The van der Waals surface area contributed by atoms with Gasteiger partial charge in [-0.2, -0.15) is 0 Å². The fourth-order valence-electron chi connectivity index (χ4n) is 5.64. The van der Waals surface area contributed by atoms with Crippen molar-refractivity contribution < 1.29 is 54.0 Å². The van der Waals surface area contributed by atoms with Crippen LogP contribution in [0.2, 0.25) is 0 Å². The van der Waals surface area contributed by atoms with Crippen molar-refractivity contribution in [3.63, 3.8) is 0 Å². The van der Waals surface area contributed by atoms with Gasteiger partial charge in [-0.3, -0.25) is 33.6 Å². The van der Waals surface area contributed by atoms with E-state index in [-0.39, 0.29) is 18.6 Å². The summed E-state index contributed by atoms with van der Waals surface area (Å²) in [5.41, 5.74) is 5.74. The minimum Gasteiger partial charge on any atom is -0.508 e. The lowest BCUT2D eigenvalue weighted by atomic mass is 10.0. The molecule has 5 unspecified atom stereocenters. The van der Waals surface area contributed by atoms with Crippen LogP contribution in [-0.4, -0.2) is 105 Å². The number of hydrogen-bond acceptors (Lipinski definition) is 10. The number of carbonyl (C=O) groups excluding carboxylic acids is 6. The molecule has 0 aliphatic heterocycles. The average Bonchev–Trinajstić information content (AvgIpc) is 3.14.